The first-order valence-corrected chi connectivity index (χ1v) is 8.40. The van der Waals surface area contributed by atoms with Crippen LogP contribution in [-0.2, 0) is 4.79 Å². The van der Waals surface area contributed by atoms with E-state index in [-0.39, 0.29) is 11.3 Å². The highest BCUT2D eigenvalue weighted by Gasteiger charge is 2.15. The Bertz CT molecular complexity index is 1140. The van der Waals surface area contributed by atoms with Crippen molar-refractivity contribution in [3.8, 4) is 6.07 Å². The smallest absolute Gasteiger partial charge is 0.292 e. The van der Waals surface area contributed by atoms with Gasteiger partial charge < -0.3 is 10.6 Å². The average Bonchev–Trinajstić information content (AvgIpc) is 2.72. The Morgan fingerprint density at radius 1 is 1.11 bits per heavy atom. The minimum Gasteiger partial charge on any atom is -0.383 e. The lowest BCUT2D eigenvalue weighted by Gasteiger charge is -2.08. The molecule has 0 aliphatic rings. The predicted molar refractivity (Wildman–Crippen MR) is 109 cm³/mol. The molecule has 1 amide bonds. The second-order valence-electron chi connectivity index (χ2n) is 5.93. The first-order chi connectivity index (χ1) is 13.5. The van der Waals surface area contributed by atoms with E-state index in [0.717, 1.165) is 10.8 Å². The summed E-state index contributed by atoms with van der Waals surface area (Å²) in [7, 11) is 1.58. The van der Waals surface area contributed by atoms with Gasteiger partial charge in [-0.3, -0.25) is 14.9 Å². The molecule has 0 fully saturated rings. The van der Waals surface area contributed by atoms with Gasteiger partial charge in [0.25, 0.3) is 11.6 Å². The number of rotatable bonds is 5. The summed E-state index contributed by atoms with van der Waals surface area (Å²) < 4.78 is 0. The fourth-order valence-corrected chi connectivity index (χ4v) is 2.84. The number of anilines is 2. The third-order valence-corrected chi connectivity index (χ3v) is 4.20. The van der Waals surface area contributed by atoms with E-state index < -0.39 is 10.8 Å². The number of nitriles is 1. The number of carbonyl (C=O) groups is 1. The third kappa shape index (κ3) is 3.81. The maximum Gasteiger partial charge on any atom is 0.292 e. The molecule has 0 saturated carbocycles. The maximum absolute atomic E-state index is 12.6. The Balaban J connectivity index is 1.93. The summed E-state index contributed by atoms with van der Waals surface area (Å²) in [5, 5.41) is 27.9. The number of hydrogen-bond acceptors (Lipinski definition) is 5. The van der Waals surface area contributed by atoms with E-state index >= 15 is 0 Å². The number of hydrogen-bond donors (Lipinski definition) is 2. The second-order valence-corrected chi connectivity index (χ2v) is 5.93. The molecule has 3 aromatic rings. The van der Waals surface area contributed by atoms with Gasteiger partial charge in [0, 0.05) is 24.2 Å². The van der Waals surface area contributed by atoms with Gasteiger partial charge in [0.05, 0.1) is 4.92 Å². The molecule has 0 aliphatic heterocycles. The molecule has 28 heavy (non-hydrogen) atoms. The molecule has 0 aromatic heterocycles. The molecule has 0 bridgehead atoms. The molecule has 138 valence electrons. The number of fused-ring (bicyclic) bond motifs is 1. The fourth-order valence-electron chi connectivity index (χ4n) is 2.84. The molecule has 2 N–H and O–H groups in total. The lowest BCUT2D eigenvalue weighted by Crippen LogP contribution is -2.13. The Morgan fingerprint density at radius 3 is 2.57 bits per heavy atom. The maximum atomic E-state index is 12.6. The SMILES string of the molecule is CNc1ccc(/C=C(\C#N)C(=O)Nc2cccc3ccccc23)cc1[N+](=O)[O-]. The van der Waals surface area contributed by atoms with E-state index in [0.29, 0.717) is 16.9 Å². The summed E-state index contributed by atoms with van der Waals surface area (Å²) in [4.78, 5) is 23.3. The van der Waals surface area contributed by atoms with E-state index in [1.807, 2.05) is 42.5 Å². The van der Waals surface area contributed by atoms with E-state index in [4.69, 9.17) is 0 Å². The molecule has 0 aliphatic carbocycles. The van der Waals surface area contributed by atoms with Gasteiger partial charge in [-0.1, -0.05) is 42.5 Å². The summed E-state index contributed by atoms with van der Waals surface area (Å²) in [6.45, 7) is 0. The largest absolute Gasteiger partial charge is 0.383 e. The van der Waals surface area contributed by atoms with Gasteiger partial charge in [0.2, 0.25) is 0 Å². The van der Waals surface area contributed by atoms with Crippen LogP contribution in [0, 0.1) is 21.4 Å². The van der Waals surface area contributed by atoms with E-state index in [2.05, 4.69) is 10.6 Å². The van der Waals surface area contributed by atoms with Crippen molar-refractivity contribution in [3.05, 3.63) is 81.9 Å². The van der Waals surface area contributed by atoms with Crippen LogP contribution in [0.25, 0.3) is 16.8 Å². The molecular weight excluding hydrogens is 356 g/mol. The van der Waals surface area contributed by atoms with Crippen LogP contribution >= 0.6 is 0 Å². The molecule has 0 heterocycles. The molecular formula is C21H16N4O3. The number of nitro benzene ring substituents is 1. The van der Waals surface area contributed by atoms with Gasteiger partial charge in [-0.15, -0.1) is 0 Å². The molecule has 0 unspecified atom stereocenters. The fraction of sp³-hybridized carbons (Fsp3) is 0.0476. The van der Waals surface area contributed by atoms with Gasteiger partial charge >= 0.3 is 0 Å². The van der Waals surface area contributed by atoms with Crippen LogP contribution in [0.4, 0.5) is 17.1 Å². The zero-order valence-electron chi connectivity index (χ0n) is 15.0. The summed E-state index contributed by atoms with van der Waals surface area (Å²) in [5.41, 5.74) is 1.03. The van der Waals surface area contributed by atoms with Gasteiger partial charge in [0.1, 0.15) is 17.3 Å². The Morgan fingerprint density at radius 2 is 1.86 bits per heavy atom. The van der Waals surface area contributed by atoms with Crippen molar-refractivity contribution >= 4 is 39.8 Å². The lowest BCUT2D eigenvalue weighted by atomic mass is 10.1. The summed E-state index contributed by atoms with van der Waals surface area (Å²) in [5.74, 6) is -0.584. The molecule has 3 aromatic carbocycles. The van der Waals surface area contributed by atoms with Crippen LogP contribution < -0.4 is 10.6 Å². The highest BCUT2D eigenvalue weighted by atomic mass is 16.6. The first-order valence-electron chi connectivity index (χ1n) is 8.40. The minimum atomic E-state index is -0.584. The van der Waals surface area contributed by atoms with E-state index in [9.17, 15) is 20.2 Å². The van der Waals surface area contributed by atoms with Crippen LogP contribution in [0.3, 0.4) is 0 Å². The second kappa shape index (κ2) is 8.01. The van der Waals surface area contributed by atoms with Gasteiger partial charge in [-0.25, -0.2) is 0 Å². The van der Waals surface area contributed by atoms with E-state index in [1.54, 1.807) is 19.2 Å². The topological polar surface area (TPSA) is 108 Å². The number of benzene rings is 3. The molecule has 0 atom stereocenters. The quantitative estimate of drug-likeness (QED) is 0.300. The monoisotopic (exact) mass is 372 g/mol. The Kier molecular flexibility index (Phi) is 5.33. The van der Waals surface area contributed by atoms with Gasteiger partial charge in [-0.2, -0.15) is 5.26 Å². The van der Waals surface area contributed by atoms with Crippen molar-refractivity contribution in [3.63, 3.8) is 0 Å². The molecule has 7 heteroatoms. The highest BCUT2D eigenvalue weighted by Crippen LogP contribution is 2.27. The average molecular weight is 372 g/mol. The molecule has 0 spiro atoms. The number of nitrogens with zero attached hydrogens (tertiary/aromatic N) is 2. The van der Waals surface area contributed by atoms with Crippen molar-refractivity contribution in [2.24, 2.45) is 0 Å². The Labute approximate surface area is 161 Å². The van der Waals surface area contributed by atoms with Crippen molar-refractivity contribution in [2.75, 3.05) is 17.7 Å². The molecule has 3 rings (SSSR count). The molecule has 0 radical (unpaired) electrons. The number of nitrogens with one attached hydrogen (secondary N) is 2. The summed E-state index contributed by atoms with van der Waals surface area (Å²) in [6, 6.07) is 19.4. The highest BCUT2D eigenvalue weighted by molar-refractivity contribution is 6.13. The van der Waals surface area contributed by atoms with Crippen LogP contribution in [0.15, 0.2) is 66.2 Å². The van der Waals surface area contributed by atoms with E-state index in [1.165, 1.54) is 18.2 Å². The third-order valence-electron chi connectivity index (χ3n) is 4.20. The van der Waals surface area contributed by atoms with Crippen molar-refractivity contribution < 1.29 is 9.72 Å². The van der Waals surface area contributed by atoms with Crippen LogP contribution in [0.2, 0.25) is 0 Å². The normalized spacial score (nSPS) is 10.9. The Hall–Kier alpha value is -4.18. The van der Waals surface area contributed by atoms with Crippen molar-refractivity contribution in [2.45, 2.75) is 0 Å². The summed E-state index contributed by atoms with van der Waals surface area (Å²) in [6.07, 6.45) is 1.33. The summed E-state index contributed by atoms with van der Waals surface area (Å²) >= 11 is 0. The van der Waals surface area contributed by atoms with Crippen LogP contribution in [-0.4, -0.2) is 17.9 Å². The lowest BCUT2D eigenvalue weighted by molar-refractivity contribution is -0.384. The molecule has 0 saturated heterocycles. The van der Waals surface area contributed by atoms with Gasteiger partial charge in [-0.05, 0) is 29.2 Å². The van der Waals surface area contributed by atoms with Crippen LogP contribution in [0.5, 0.6) is 0 Å². The first kappa shape index (κ1) is 18.6. The number of carbonyl (C=O) groups excluding carboxylic acids is 1. The zero-order chi connectivity index (χ0) is 20.1. The van der Waals surface area contributed by atoms with Gasteiger partial charge in [0.15, 0.2) is 0 Å². The van der Waals surface area contributed by atoms with Crippen molar-refractivity contribution in [1.29, 1.82) is 5.26 Å². The molecule has 7 nitrogen and oxygen atoms in total. The predicted octanol–water partition coefficient (Wildman–Crippen LogP) is 4.34. The standard InChI is InChI=1S/C21H16N4O3/c1-23-19-10-9-14(12-20(19)25(27)28)11-16(13-22)21(26)24-18-8-4-6-15-5-2-3-7-17(15)18/h2-12,23H,1H3,(H,24,26)/b16-11+. The van der Waals surface area contributed by atoms with Crippen molar-refractivity contribution in [1.82, 2.24) is 0 Å². The van der Waals surface area contributed by atoms with Crippen LogP contribution in [0.1, 0.15) is 5.56 Å². The minimum absolute atomic E-state index is 0.136. The number of amides is 1. The number of nitro groups is 1. The zero-order valence-corrected chi connectivity index (χ0v) is 15.0.